The second kappa shape index (κ2) is 12.1. The number of hydrogen-bond donors (Lipinski definition) is 1. The molecule has 0 aliphatic heterocycles. The summed E-state index contributed by atoms with van der Waals surface area (Å²) in [4.78, 5) is 41.3. The Labute approximate surface area is 234 Å². The van der Waals surface area contributed by atoms with Crippen molar-refractivity contribution in [1.82, 2.24) is 9.66 Å². The summed E-state index contributed by atoms with van der Waals surface area (Å²) in [6, 6.07) is 12.8. The fourth-order valence-corrected chi connectivity index (χ4v) is 4.29. The number of hydrogen-bond acceptors (Lipinski definition) is 7. The molecule has 13 heteroatoms. The smallest absolute Gasteiger partial charge is 0.313 e. The lowest BCUT2D eigenvalue weighted by Crippen LogP contribution is -2.23. The molecular formula is C26H20BrClFN5O5. The zero-order chi connectivity index (χ0) is 28.1. The number of nitro benzene ring substituents is 1. The van der Waals surface area contributed by atoms with Gasteiger partial charge in [0.05, 0.1) is 22.0 Å². The SMILES string of the molecule is CCCc1nc2ccc(Br)cc2c(=O)n1N=Cc1cc(Cl)cc([N+](=O)[O-])c1OCC(=O)Nc1cccc(F)c1. The molecule has 10 nitrogen and oxygen atoms in total. The fraction of sp³-hybridized carbons (Fsp3) is 0.154. The van der Waals surface area contributed by atoms with Crippen LogP contribution in [-0.2, 0) is 11.2 Å². The van der Waals surface area contributed by atoms with Crippen LogP contribution in [0.5, 0.6) is 5.75 Å². The molecule has 0 atom stereocenters. The molecule has 3 aromatic carbocycles. The number of benzene rings is 3. The molecule has 0 spiro atoms. The van der Waals surface area contributed by atoms with E-state index in [0.29, 0.717) is 34.0 Å². The summed E-state index contributed by atoms with van der Waals surface area (Å²) < 4.78 is 20.7. The number of ether oxygens (including phenoxy) is 1. The Morgan fingerprint density at radius 1 is 1.28 bits per heavy atom. The highest BCUT2D eigenvalue weighted by Crippen LogP contribution is 2.34. The van der Waals surface area contributed by atoms with E-state index in [1.807, 2.05) is 6.92 Å². The van der Waals surface area contributed by atoms with Crippen LogP contribution in [0, 0.1) is 15.9 Å². The minimum atomic E-state index is -0.715. The summed E-state index contributed by atoms with van der Waals surface area (Å²) in [5.41, 5.74) is -0.200. The Balaban J connectivity index is 1.72. The van der Waals surface area contributed by atoms with Crippen LogP contribution in [0.3, 0.4) is 0 Å². The van der Waals surface area contributed by atoms with Gasteiger partial charge in [0.15, 0.2) is 6.61 Å². The number of nitrogens with one attached hydrogen (secondary N) is 1. The first-order valence-electron chi connectivity index (χ1n) is 11.6. The Hall–Kier alpha value is -4.16. The van der Waals surface area contributed by atoms with Crippen LogP contribution >= 0.6 is 27.5 Å². The number of aryl methyl sites for hydroxylation is 1. The summed E-state index contributed by atoms with van der Waals surface area (Å²) >= 11 is 9.47. The molecular weight excluding hydrogens is 597 g/mol. The third-order valence-corrected chi connectivity index (χ3v) is 6.09. The van der Waals surface area contributed by atoms with Crippen molar-refractivity contribution >= 4 is 61.9 Å². The van der Waals surface area contributed by atoms with E-state index in [0.717, 1.165) is 16.8 Å². The van der Waals surface area contributed by atoms with Gasteiger partial charge in [-0.25, -0.2) is 9.37 Å². The number of aromatic nitrogens is 2. The van der Waals surface area contributed by atoms with E-state index in [4.69, 9.17) is 16.3 Å². The monoisotopic (exact) mass is 615 g/mol. The van der Waals surface area contributed by atoms with Gasteiger partial charge in [0, 0.05) is 33.2 Å². The number of fused-ring (bicyclic) bond motifs is 1. The molecule has 4 aromatic rings. The molecule has 0 saturated carbocycles. The van der Waals surface area contributed by atoms with Gasteiger partial charge in [-0.3, -0.25) is 19.7 Å². The standard InChI is InChI=1S/C26H20BrClFN5O5/c1-2-4-23-32-21-8-7-16(27)10-20(21)26(36)33(23)30-13-15-9-17(28)11-22(34(37)38)25(15)39-14-24(35)31-19-6-3-5-18(29)12-19/h3,5-13H,2,4,14H2,1H3,(H,31,35). The van der Waals surface area contributed by atoms with Crippen molar-refractivity contribution < 1.29 is 18.8 Å². The van der Waals surface area contributed by atoms with Crippen molar-refractivity contribution in [2.75, 3.05) is 11.9 Å². The number of carbonyl (C=O) groups excluding carboxylic acids is 1. The van der Waals surface area contributed by atoms with Gasteiger partial charge in [-0.1, -0.05) is 40.5 Å². The van der Waals surface area contributed by atoms with Gasteiger partial charge >= 0.3 is 5.69 Å². The lowest BCUT2D eigenvalue weighted by atomic mass is 10.2. The molecule has 0 bridgehead atoms. The summed E-state index contributed by atoms with van der Waals surface area (Å²) in [6.45, 7) is 1.29. The predicted octanol–water partition coefficient (Wildman–Crippen LogP) is 5.71. The van der Waals surface area contributed by atoms with Crippen molar-refractivity contribution in [1.29, 1.82) is 0 Å². The normalized spacial score (nSPS) is 11.2. The van der Waals surface area contributed by atoms with E-state index in [9.17, 15) is 24.1 Å². The molecule has 0 aliphatic rings. The maximum absolute atomic E-state index is 13.4. The van der Waals surface area contributed by atoms with Crippen molar-refractivity contribution in [2.45, 2.75) is 19.8 Å². The van der Waals surface area contributed by atoms with Gasteiger partial charge in [-0.05, 0) is 48.9 Å². The summed E-state index contributed by atoms with van der Waals surface area (Å²) in [6.07, 6.45) is 2.31. The number of nitro groups is 1. The van der Waals surface area contributed by atoms with Crippen molar-refractivity contribution in [3.8, 4) is 5.75 Å². The van der Waals surface area contributed by atoms with Crippen LogP contribution in [0.1, 0.15) is 24.7 Å². The second-order valence-electron chi connectivity index (χ2n) is 8.25. The van der Waals surface area contributed by atoms with Gasteiger partial charge in [-0.15, -0.1) is 0 Å². The fourth-order valence-electron chi connectivity index (χ4n) is 3.71. The van der Waals surface area contributed by atoms with E-state index < -0.39 is 34.5 Å². The molecule has 39 heavy (non-hydrogen) atoms. The molecule has 1 N–H and O–H groups in total. The average molecular weight is 617 g/mol. The number of halogens is 3. The number of nitrogens with zero attached hydrogens (tertiary/aromatic N) is 4. The van der Waals surface area contributed by atoms with Crippen molar-refractivity contribution in [3.05, 3.63) is 102 Å². The third-order valence-electron chi connectivity index (χ3n) is 5.38. The predicted molar refractivity (Wildman–Crippen MR) is 149 cm³/mol. The molecule has 200 valence electrons. The number of amides is 1. The molecule has 0 saturated heterocycles. The minimum absolute atomic E-state index is 0.0152. The highest BCUT2D eigenvalue weighted by Gasteiger charge is 2.22. The summed E-state index contributed by atoms with van der Waals surface area (Å²) in [7, 11) is 0. The van der Waals surface area contributed by atoms with Crippen LogP contribution in [-0.4, -0.2) is 33.3 Å². The van der Waals surface area contributed by atoms with Crippen LogP contribution in [0.15, 0.2) is 69.0 Å². The Morgan fingerprint density at radius 3 is 2.79 bits per heavy atom. The molecule has 0 aliphatic carbocycles. The molecule has 0 unspecified atom stereocenters. The van der Waals surface area contributed by atoms with E-state index >= 15 is 0 Å². The quantitative estimate of drug-likeness (QED) is 0.146. The Morgan fingerprint density at radius 2 is 2.08 bits per heavy atom. The Kier molecular flexibility index (Phi) is 8.67. The number of carbonyl (C=O) groups is 1. The average Bonchev–Trinajstić information content (AvgIpc) is 2.88. The molecule has 1 heterocycles. The lowest BCUT2D eigenvalue weighted by molar-refractivity contribution is -0.385. The van der Waals surface area contributed by atoms with Crippen LogP contribution in [0.25, 0.3) is 10.9 Å². The minimum Gasteiger partial charge on any atom is -0.476 e. The van der Waals surface area contributed by atoms with E-state index in [1.54, 1.807) is 18.2 Å². The van der Waals surface area contributed by atoms with Crippen LogP contribution < -0.4 is 15.6 Å². The second-order valence-corrected chi connectivity index (χ2v) is 9.60. The first-order chi connectivity index (χ1) is 18.7. The highest BCUT2D eigenvalue weighted by atomic mass is 79.9. The van der Waals surface area contributed by atoms with Gasteiger partial charge in [0.25, 0.3) is 11.5 Å². The topological polar surface area (TPSA) is 129 Å². The molecule has 1 amide bonds. The van der Waals surface area contributed by atoms with Crippen molar-refractivity contribution in [3.63, 3.8) is 0 Å². The Bertz CT molecular complexity index is 1680. The molecule has 0 fully saturated rings. The maximum Gasteiger partial charge on any atom is 0.313 e. The number of anilines is 1. The molecule has 4 rings (SSSR count). The number of rotatable bonds is 9. The maximum atomic E-state index is 13.4. The van der Waals surface area contributed by atoms with Gasteiger partial charge in [0.1, 0.15) is 11.6 Å². The zero-order valence-electron chi connectivity index (χ0n) is 20.4. The largest absolute Gasteiger partial charge is 0.476 e. The highest BCUT2D eigenvalue weighted by molar-refractivity contribution is 9.10. The third kappa shape index (κ3) is 6.65. The van der Waals surface area contributed by atoms with Gasteiger partial charge in [-0.2, -0.15) is 9.78 Å². The van der Waals surface area contributed by atoms with E-state index in [-0.39, 0.29) is 22.0 Å². The first kappa shape index (κ1) is 27.9. The van der Waals surface area contributed by atoms with E-state index in [2.05, 4.69) is 31.3 Å². The van der Waals surface area contributed by atoms with Gasteiger partial charge in [0.2, 0.25) is 5.75 Å². The molecule has 1 aromatic heterocycles. The summed E-state index contributed by atoms with van der Waals surface area (Å²) in [5, 5.41) is 18.8. The zero-order valence-corrected chi connectivity index (χ0v) is 22.7. The van der Waals surface area contributed by atoms with Gasteiger partial charge < -0.3 is 10.1 Å². The van der Waals surface area contributed by atoms with E-state index in [1.165, 1.54) is 30.5 Å². The van der Waals surface area contributed by atoms with Crippen LogP contribution in [0.4, 0.5) is 15.8 Å². The lowest BCUT2D eigenvalue weighted by Gasteiger charge is -2.12. The van der Waals surface area contributed by atoms with Crippen molar-refractivity contribution in [2.24, 2.45) is 5.10 Å². The summed E-state index contributed by atoms with van der Waals surface area (Å²) in [5.74, 6) is -1.13. The molecule has 0 radical (unpaired) electrons. The first-order valence-corrected chi connectivity index (χ1v) is 12.7. The van der Waals surface area contributed by atoms with Crippen LogP contribution in [0.2, 0.25) is 5.02 Å².